The number of nitrogens with zero attached hydrogens (tertiary/aromatic N) is 2. The highest BCUT2D eigenvalue weighted by atomic mass is 16.5. The highest BCUT2D eigenvalue weighted by Gasteiger charge is 2.12. The van der Waals surface area contributed by atoms with Crippen molar-refractivity contribution in [3.63, 3.8) is 0 Å². The Morgan fingerprint density at radius 1 is 0.571 bits per heavy atom. The fourth-order valence-corrected chi connectivity index (χ4v) is 3.92. The van der Waals surface area contributed by atoms with Crippen molar-refractivity contribution in [2.75, 3.05) is 0 Å². The molecule has 0 radical (unpaired) electrons. The van der Waals surface area contributed by atoms with Crippen molar-refractivity contribution < 1.29 is 9.47 Å². The van der Waals surface area contributed by atoms with Gasteiger partial charge in [0.15, 0.2) is 0 Å². The Bertz CT molecular complexity index is 998. The van der Waals surface area contributed by atoms with Crippen LogP contribution in [0.3, 0.4) is 0 Å². The molecule has 0 spiro atoms. The first kappa shape index (κ1) is 17.2. The van der Waals surface area contributed by atoms with Crippen LogP contribution in [0, 0.1) is 0 Å². The van der Waals surface area contributed by atoms with Crippen molar-refractivity contribution in [3.8, 4) is 11.8 Å². The molecule has 4 nitrogen and oxygen atoms in total. The minimum atomic E-state index is 0.635. The molecular formula is C24H24N2O2. The minimum absolute atomic E-state index is 0.635. The first-order valence-electron chi connectivity index (χ1n) is 10.3. The van der Waals surface area contributed by atoms with Gasteiger partial charge in [0.05, 0.1) is 0 Å². The van der Waals surface area contributed by atoms with Crippen molar-refractivity contribution in [2.24, 2.45) is 0 Å². The molecule has 0 N–H and O–H groups in total. The normalized spacial score (nSPS) is 17.3. The van der Waals surface area contributed by atoms with E-state index in [1.54, 1.807) is 0 Å². The molecule has 0 aliphatic heterocycles. The lowest BCUT2D eigenvalue weighted by molar-refractivity contribution is 0.371. The first-order valence-corrected chi connectivity index (χ1v) is 10.3. The Balaban J connectivity index is 1.52. The van der Waals surface area contributed by atoms with Gasteiger partial charge in [0, 0.05) is 35.7 Å². The van der Waals surface area contributed by atoms with Crippen LogP contribution in [0.5, 0.6) is 11.8 Å². The van der Waals surface area contributed by atoms with Gasteiger partial charge in [0.1, 0.15) is 22.6 Å². The van der Waals surface area contributed by atoms with Crippen LogP contribution in [0.15, 0.2) is 60.1 Å². The molecule has 0 fully saturated rings. The topological polar surface area (TPSA) is 44.2 Å². The molecule has 5 rings (SSSR count). The average molecular weight is 372 g/mol. The number of rotatable bonds is 4. The summed E-state index contributed by atoms with van der Waals surface area (Å²) in [5, 5.41) is 2.11. The lowest BCUT2D eigenvalue weighted by Crippen LogP contribution is -2.02. The zero-order valence-corrected chi connectivity index (χ0v) is 16.0. The van der Waals surface area contributed by atoms with Crippen molar-refractivity contribution in [1.82, 2.24) is 9.97 Å². The summed E-state index contributed by atoms with van der Waals surface area (Å²) in [5.41, 5.74) is 1.71. The van der Waals surface area contributed by atoms with Crippen LogP contribution >= 0.6 is 0 Å². The molecule has 1 aromatic carbocycles. The second-order valence-electron chi connectivity index (χ2n) is 7.54. The lowest BCUT2D eigenvalue weighted by atomic mass is 10.1. The van der Waals surface area contributed by atoms with Gasteiger partial charge in [-0.3, -0.25) is 0 Å². The second kappa shape index (κ2) is 7.63. The van der Waals surface area contributed by atoms with Gasteiger partial charge in [0.25, 0.3) is 0 Å². The van der Waals surface area contributed by atoms with E-state index in [0.29, 0.717) is 11.8 Å². The van der Waals surface area contributed by atoms with Gasteiger partial charge in [-0.1, -0.05) is 12.1 Å². The van der Waals surface area contributed by atoms with E-state index in [2.05, 4.69) is 36.4 Å². The predicted molar refractivity (Wildman–Crippen MR) is 111 cm³/mol. The largest absolute Gasteiger partial charge is 0.444 e. The van der Waals surface area contributed by atoms with Crippen molar-refractivity contribution >= 4 is 21.8 Å². The number of fused-ring (bicyclic) bond motifs is 3. The van der Waals surface area contributed by atoms with Crippen molar-refractivity contribution in [2.45, 2.75) is 51.4 Å². The minimum Gasteiger partial charge on any atom is -0.444 e. The molecule has 2 aliphatic carbocycles. The standard InChI is InChI=1S/C24H24N2O2/c1-3-7-19(8-4-1)27-21-15-13-17-11-12-18-14-16-22(26-24(18)23(17)25-21)28-20-9-5-2-6-10-20/h7,9,11-16H,1-6,8,10H2. The molecule has 4 heteroatoms. The molecule has 28 heavy (non-hydrogen) atoms. The van der Waals surface area contributed by atoms with Crippen LogP contribution in [-0.4, -0.2) is 9.97 Å². The van der Waals surface area contributed by atoms with Gasteiger partial charge in [0.2, 0.25) is 11.8 Å². The van der Waals surface area contributed by atoms with Crippen LogP contribution in [0.1, 0.15) is 51.4 Å². The van der Waals surface area contributed by atoms with Gasteiger partial charge in [-0.25, -0.2) is 9.97 Å². The number of benzene rings is 1. The van der Waals surface area contributed by atoms with Crippen LogP contribution in [0.2, 0.25) is 0 Å². The summed E-state index contributed by atoms with van der Waals surface area (Å²) in [6.07, 6.45) is 13.4. The molecule has 0 saturated carbocycles. The number of pyridine rings is 2. The first-order chi connectivity index (χ1) is 13.8. The maximum absolute atomic E-state index is 6.05. The fourth-order valence-electron chi connectivity index (χ4n) is 3.92. The third-order valence-corrected chi connectivity index (χ3v) is 5.44. The average Bonchev–Trinajstić information content (AvgIpc) is 2.75. The number of ether oxygens (including phenoxy) is 2. The van der Waals surface area contributed by atoms with Gasteiger partial charge < -0.3 is 9.47 Å². The smallest absolute Gasteiger partial charge is 0.219 e. The molecule has 0 atom stereocenters. The van der Waals surface area contributed by atoms with Crippen LogP contribution in [0.25, 0.3) is 21.8 Å². The summed E-state index contributed by atoms with van der Waals surface area (Å²) in [7, 11) is 0. The van der Waals surface area contributed by atoms with Crippen LogP contribution in [0.4, 0.5) is 0 Å². The summed E-state index contributed by atoms with van der Waals surface area (Å²) < 4.78 is 12.1. The zero-order chi connectivity index (χ0) is 18.8. The lowest BCUT2D eigenvalue weighted by Gasteiger charge is -2.15. The molecule has 2 aliphatic rings. The highest BCUT2D eigenvalue weighted by Crippen LogP contribution is 2.29. The summed E-state index contributed by atoms with van der Waals surface area (Å²) >= 11 is 0. The molecular weight excluding hydrogens is 348 g/mol. The molecule has 0 unspecified atom stereocenters. The zero-order valence-electron chi connectivity index (χ0n) is 16.0. The molecule has 0 saturated heterocycles. The molecule has 2 aromatic heterocycles. The number of hydrogen-bond donors (Lipinski definition) is 0. The van der Waals surface area contributed by atoms with Gasteiger partial charge in [-0.2, -0.15) is 0 Å². The van der Waals surface area contributed by atoms with E-state index in [0.717, 1.165) is 59.0 Å². The van der Waals surface area contributed by atoms with Gasteiger partial charge in [-0.15, -0.1) is 0 Å². The predicted octanol–water partition coefficient (Wildman–Crippen LogP) is 6.46. The molecule has 0 bridgehead atoms. The Labute approximate surface area is 164 Å². The van der Waals surface area contributed by atoms with Gasteiger partial charge in [-0.05, 0) is 62.8 Å². The van der Waals surface area contributed by atoms with E-state index in [1.807, 2.05) is 12.1 Å². The monoisotopic (exact) mass is 372 g/mol. The quantitative estimate of drug-likeness (QED) is 0.493. The van der Waals surface area contributed by atoms with Gasteiger partial charge >= 0.3 is 0 Å². The Hall–Kier alpha value is -2.88. The number of hydrogen-bond acceptors (Lipinski definition) is 4. The Morgan fingerprint density at radius 2 is 1.04 bits per heavy atom. The summed E-state index contributed by atoms with van der Waals surface area (Å²) in [6.45, 7) is 0. The highest BCUT2D eigenvalue weighted by molar-refractivity contribution is 6.03. The Morgan fingerprint density at radius 3 is 1.46 bits per heavy atom. The van der Waals surface area contributed by atoms with Crippen LogP contribution < -0.4 is 9.47 Å². The van der Waals surface area contributed by atoms with E-state index < -0.39 is 0 Å². The van der Waals surface area contributed by atoms with E-state index >= 15 is 0 Å². The maximum Gasteiger partial charge on any atom is 0.219 e. The summed E-state index contributed by atoms with van der Waals surface area (Å²) in [6, 6.07) is 12.2. The molecule has 0 amide bonds. The number of aromatic nitrogens is 2. The maximum atomic E-state index is 6.05. The van der Waals surface area contributed by atoms with E-state index in [1.165, 1.54) is 25.7 Å². The molecule has 142 valence electrons. The molecule has 3 aromatic rings. The van der Waals surface area contributed by atoms with E-state index in [-0.39, 0.29) is 0 Å². The van der Waals surface area contributed by atoms with Crippen molar-refractivity contribution in [1.29, 1.82) is 0 Å². The van der Waals surface area contributed by atoms with E-state index in [9.17, 15) is 0 Å². The fraction of sp³-hybridized carbons (Fsp3) is 0.333. The van der Waals surface area contributed by atoms with Crippen LogP contribution in [-0.2, 0) is 0 Å². The Kier molecular flexibility index (Phi) is 4.69. The SMILES string of the molecule is C1=C(Oc2ccc3ccc4ccc(OC5=CCCCC5)nc4c3n2)CCCC1. The number of allylic oxidation sites excluding steroid dienone is 4. The summed E-state index contributed by atoms with van der Waals surface area (Å²) in [4.78, 5) is 9.58. The van der Waals surface area contributed by atoms with E-state index in [4.69, 9.17) is 19.4 Å². The molecule has 2 heterocycles. The third-order valence-electron chi connectivity index (χ3n) is 5.44. The second-order valence-corrected chi connectivity index (χ2v) is 7.54. The third kappa shape index (κ3) is 3.59. The van der Waals surface area contributed by atoms with Crippen molar-refractivity contribution in [3.05, 3.63) is 60.1 Å². The summed E-state index contributed by atoms with van der Waals surface area (Å²) in [5.74, 6) is 3.33.